The highest BCUT2D eigenvalue weighted by atomic mass is 16.6. The van der Waals surface area contributed by atoms with E-state index >= 15 is 0 Å². The van der Waals surface area contributed by atoms with Gasteiger partial charge in [-0.2, -0.15) is 0 Å². The van der Waals surface area contributed by atoms with Gasteiger partial charge in [0.1, 0.15) is 0 Å². The maximum Gasteiger partial charge on any atom is 0.274 e. The number of nitro groups is 1. The molecule has 110 valence electrons. The summed E-state index contributed by atoms with van der Waals surface area (Å²) in [5, 5.41) is 18.4. The van der Waals surface area contributed by atoms with Gasteiger partial charge in [0, 0.05) is 23.9 Å². The summed E-state index contributed by atoms with van der Waals surface area (Å²) in [5.41, 5.74) is 0.701. The van der Waals surface area contributed by atoms with Gasteiger partial charge in [-0.15, -0.1) is 10.2 Å². The summed E-state index contributed by atoms with van der Waals surface area (Å²) in [7, 11) is 0. The monoisotopic (exact) mass is 298 g/mol. The molecular weight excluding hydrogens is 288 g/mol. The van der Waals surface area contributed by atoms with Gasteiger partial charge in [-0.25, -0.2) is 0 Å². The maximum absolute atomic E-state index is 12.0. The lowest BCUT2D eigenvalue weighted by atomic mass is 10.1. The van der Waals surface area contributed by atoms with Crippen molar-refractivity contribution in [1.29, 1.82) is 0 Å². The van der Waals surface area contributed by atoms with Gasteiger partial charge in [0.15, 0.2) is 0 Å². The molecule has 2 aromatic heterocycles. The first-order valence-electron chi connectivity index (χ1n) is 6.34. The second kappa shape index (κ2) is 5.60. The van der Waals surface area contributed by atoms with E-state index in [1.54, 1.807) is 24.3 Å². The van der Waals surface area contributed by atoms with Crippen molar-refractivity contribution < 1.29 is 9.34 Å². The molecule has 0 atom stereocenters. The highest BCUT2D eigenvalue weighted by Gasteiger charge is 2.14. The van der Waals surface area contributed by atoms with Gasteiger partial charge >= 0.3 is 0 Å². The molecule has 0 saturated heterocycles. The van der Waals surface area contributed by atoms with E-state index < -0.39 is 4.92 Å². The van der Waals surface area contributed by atoms with Gasteiger partial charge in [0.2, 0.25) is 12.3 Å². The van der Waals surface area contributed by atoms with Crippen molar-refractivity contribution in [2.75, 3.05) is 0 Å². The molecule has 0 aliphatic rings. The van der Waals surface area contributed by atoms with Crippen LogP contribution in [0, 0.1) is 10.1 Å². The number of rotatable bonds is 4. The molecule has 0 unspecified atom stereocenters. The number of nitrogens with zero attached hydrogens (tertiary/aromatic N) is 4. The molecule has 0 aliphatic heterocycles. The van der Waals surface area contributed by atoms with Crippen LogP contribution in [0.25, 0.3) is 11.5 Å². The van der Waals surface area contributed by atoms with Crippen molar-refractivity contribution in [1.82, 2.24) is 14.8 Å². The third kappa shape index (κ3) is 2.62. The predicted octanol–water partition coefficient (Wildman–Crippen LogP) is 1.85. The fourth-order valence-corrected chi connectivity index (χ4v) is 2.09. The number of aromatic nitrogens is 3. The molecule has 8 heteroatoms. The first-order chi connectivity index (χ1) is 10.6. The van der Waals surface area contributed by atoms with Crippen molar-refractivity contribution in [3.8, 4) is 11.5 Å². The van der Waals surface area contributed by atoms with E-state index in [2.05, 4.69) is 10.2 Å². The smallest absolute Gasteiger partial charge is 0.274 e. The molecule has 0 radical (unpaired) electrons. The first kappa shape index (κ1) is 13.7. The summed E-state index contributed by atoms with van der Waals surface area (Å²) in [6.07, 6.45) is 2.72. The van der Waals surface area contributed by atoms with E-state index in [1.807, 2.05) is 0 Å². The molecule has 2 heterocycles. The minimum Gasteiger partial charge on any atom is -0.423 e. The van der Waals surface area contributed by atoms with Crippen LogP contribution in [-0.4, -0.2) is 19.7 Å². The summed E-state index contributed by atoms with van der Waals surface area (Å²) < 4.78 is 6.44. The maximum atomic E-state index is 12.0. The van der Waals surface area contributed by atoms with E-state index in [4.69, 9.17) is 4.42 Å². The SMILES string of the molecule is O=c1ccc(-c2nnco2)cn1Cc1ccccc1[N+](=O)[O-]. The second-order valence-corrected chi connectivity index (χ2v) is 4.51. The molecule has 8 nitrogen and oxygen atoms in total. The summed E-state index contributed by atoms with van der Waals surface area (Å²) >= 11 is 0. The second-order valence-electron chi connectivity index (χ2n) is 4.51. The number of hydrogen-bond acceptors (Lipinski definition) is 6. The highest BCUT2D eigenvalue weighted by molar-refractivity contribution is 5.50. The lowest BCUT2D eigenvalue weighted by Gasteiger charge is -2.07. The Balaban J connectivity index is 2.01. The Hall–Kier alpha value is -3.29. The number of pyridine rings is 1. The summed E-state index contributed by atoms with van der Waals surface area (Å²) in [5.74, 6) is 0.274. The van der Waals surface area contributed by atoms with Crippen molar-refractivity contribution in [2.24, 2.45) is 0 Å². The largest absolute Gasteiger partial charge is 0.423 e. The molecular formula is C14H10N4O4. The molecule has 0 bridgehead atoms. The Morgan fingerprint density at radius 2 is 2.05 bits per heavy atom. The standard InChI is InChI=1S/C14H10N4O4/c19-13-6-5-11(14-16-15-9-22-14)8-17(13)7-10-3-1-2-4-12(10)18(20)21/h1-6,8-9H,7H2. The lowest BCUT2D eigenvalue weighted by Crippen LogP contribution is -2.19. The molecule has 0 saturated carbocycles. The van der Waals surface area contributed by atoms with E-state index in [-0.39, 0.29) is 23.7 Å². The van der Waals surface area contributed by atoms with Gasteiger partial charge in [-0.1, -0.05) is 18.2 Å². The van der Waals surface area contributed by atoms with Crippen LogP contribution in [0.5, 0.6) is 0 Å². The fraction of sp³-hybridized carbons (Fsp3) is 0.0714. The normalized spacial score (nSPS) is 10.5. The third-order valence-electron chi connectivity index (χ3n) is 3.12. The third-order valence-corrected chi connectivity index (χ3v) is 3.12. The average molecular weight is 298 g/mol. The summed E-state index contributed by atoms with van der Waals surface area (Å²) in [4.78, 5) is 22.5. The molecule has 0 amide bonds. The van der Waals surface area contributed by atoms with Gasteiger partial charge in [-0.05, 0) is 6.07 Å². The Morgan fingerprint density at radius 3 is 2.77 bits per heavy atom. The van der Waals surface area contributed by atoms with Crippen LogP contribution < -0.4 is 5.56 Å². The molecule has 0 N–H and O–H groups in total. The van der Waals surface area contributed by atoms with Crippen LogP contribution in [-0.2, 0) is 6.54 Å². The van der Waals surface area contributed by atoms with E-state index in [1.165, 1.54) is 29.3 Å². The molecule has 22 heavy (non-hydrogen) atoms. The Bertz CT molecular complexity index is 871. The van der Waals surface area contributed by atoms with Crippen molar-refractivity contribution in [2.45, 2.75) is 6.54 Å². The molecule has 3 aromatic rings. The van der Waals surface area contributed by atoms with Crippen LogP contribution in [0.2, 0.25) is 0 Å². The van der Waals surface area contributed by atoms with E-state index in [9.17, 15) is 14.9 Å². The highest BCUT2D eigenvalue weighted by Crippen LogP contribution is 2.19. The molecule has 1 aromatic carbocycles. The number of para-hydroxylation sites is 1. The van der Waals surface area contributed by atoms with Crippen LogP contribution in [0.15, 0.2) is 58.2 Å². The summed E-state index contributed by atoms with van der Waals surface area (Å²) in [6, 6.07) is 9.21. The van der Waals surface area contributed by atoms with Gasteiger partial charge in [0.05, 0.1) is 17.0 Å². The topological polar surface area (TPSA) is 104 Å². The molecule has 0 aliphatic carbocycles. The molecule has 0 spiro atoms. The summed E-state index contributed by atoms with van der Waals surface area (Å²) in [6.45, 7) is 0.0813. The zero-order chi connectivity index (χ0) is 15.5. The van der Waals surface area contributed by atoms with Crippen molar-refractivity contribution >= 4 is 5.69 Å². The molecule has 0 fully saturated rings. The molecule has 3 rings (SSSR count). The number of hydrogen-bond donors (Lipinski definition) is 0. The van der Waals surface area contributed by atoms with Crippen LogP contribution >= 0.6 is 0 Å². The fourth-order valence-electron chi connectivity index (χ4n) is 2.09. The van der Waals surface area contributed by atoms with E-state index in [0.29, 0.717) is 11.1 Å². The Kier molecular flexibility index (Phi) is 3.48. The average Bonchev–Trinajstić information content (AvgIpc) is 3.04. The Labute approximate surface area is 123 Å². The minimum absolute atomic E-state index is 0.0300. The zero-order valence-electron chi connectivity index (χ0n) is 11.2. The quantitative estimate of drug-likeness (QED) is 0.537. The number of nitro benzene ring substituents is 1. The van der Waals surface area contributed by atoms with E-state index in [0.717, 1.165) is 0 Å². The van der Waals surface area contributed by atoms with Gasteiger partial charge < -0.3 is 8.98 Å². The van der Waals surface area contributed by atoms with Crippen molar-refractivity contribution in [3.05, 3.63) is 75.0 Å². The first-order valence-corrected chi connectivity index (χ1v) is 6.34. The van der Waals surface area contributed by atoms with Crippen LogP contribution in [0.1, 0.15) is 5.56 Å². The minimum atomic E-state index is -0.470. The number of benzene rings is 1. The van der Waals surface area contributed by atoms with Gasteiger partial charge in [0.25, 0.3) is 11.2 Å². The van der Waals surface area contributed by atoms with Crippen molar-refractivity contribution in [3.63, 3.8) is 0 Å². The Morgan fingerprint density at radius 1 is 1.23 bits per heavy atom. The lowest BCUT2D eigenvalue weighted by molar-refractivity contribution is -0.385. The van der Waals surface area contributed by atoms with Crippen LogP contribution in [0.3, 0.4) is 0 Å². The van der Waals surface area contributed by atoms with Gasteiger partial charge in [-0.3, -0.25) is 14.9 Å². The van der Waals surface area contributed by atoms with Crippen LogP contribution in [0.4, 0.5) is 5.69 Å². The predicted molar refractivity (Wildman–Crippen MR) is 76.2 cm³/mol. The zero-order valence-corrected chi connectivity index (χ0v) is 11.2.